The van der Waals surface area contributed by atoms with Gasteiger partial charge in [-0.25, -0.2) is 22.5 Å². The highest BCUT2D eigenvalue weighted by molar-refractivity contribution is 6.23. The predicted molar refractivity (Wildman–Crippen MR) is 121 cm³/mol. The number of carbonyl (C=O) groups is 2. The number of benzene rings is 3. The minimum atomic E-state index is -0.985. The molecule has 1 heterocycles. The third-order valence-electron chi connectivity index (χ3n) is 7.13. The fourth-order valence-electron chi connectivity index (χ4n) is 5.75. The molecule has 0 radical (unpaired) electrons. The number of imide groups is 1. The molecule has 2 amide bonds. The smallest absolute Gasteiger partial charge is 0.238 e. The molecule has 3 aliphatic rings. The molecule has 0 unspecified atom stereocenters. The van der Waals surface area contributed by atoms with Gasteiger partial charge in [0.2, 0.25) is 11.8 Å². The van der Waals surface area contributed by atoms with Crippen LogP contribution in [-0.4, -0.2) is 11.8 Å². The molecule has 35 heavy (non-hydrogen) atoms. The topological polar surface area (TPSA) is 37.4 Å². The summed E-state index contributed by atoms with van der Waals surface area (Å²) < 4.78 is 56.3. The molecule has 4 atom stereocenters. The number of fused-ring (bicyclic) bond motifs is 5. The summed E-state index contributed by atoms with van der Waals surface area (Å²) in [6.45, 7) is 0. The van der Waals surface area contributed by atoms with Gasteiger partial charge in [0.25, 0.3) is 0 Å². The van der Waals surface area contributed by atoms with E-state index in [0.717, 1.165) is 17.7 Å². The van der Waals surface area contributed by atoms with Gasteiger partial charge in [0.15, 0.2) is 0 Å². The Bertz CT molecular complexity index is 1340. The van der Waals surface area contributed by atoms with Crippen LogP contribution < -0.4 is 4.90 Å². The third kappa shape index (κ3) is 3.11. The second-order valence-electron chi connectivity index (χ2n) is 8.91. The lowest BCUT2D eigenvalue weighted by Crippen LogP contribution is -2.34. The first-order valence-electron chi connectivity index (χ1n) is 11.1. The van der Waals surface area contributed by atoms with Gasteiger partial charge in [-0.3, -0.25) is 9.59 Å². The number of anilines is 1. The summed E-state index contributed by atoms with van der Waals surface area (Å²) in [5.74, 6) is -6.75. The average Bonchev–Trinajstić information content (AvgIpc) is 3.47. The van der Waals surface area contributed by atoms with E-state index < -0.39 is 64.4 Å². The number of para-hydroxylation sites is 1. The van der Waals surface area contributed by atoms with Crippen LogP contribution in [0.5, 0.6) is 0 Å². The zero-order valence-electron chi connectivity index (χ0n) is 18.1. The number of rotatable bonds is 3. The van der Waals surface area contributed by atoms with E-state index in [-0.39, 0.29) is 0 Å². The first kappa shape index (κ1) is 21.5. The molecular formula is C28H17F4NO2. The molecule has 6 rings (SSSR count). The van der Waals surface area contributed by atoms with E-state index in [1.165, 1.54) is 30.3 Å². The number of nitrogens with zero attached hydrogens (tertiary/aromatic N) is 1. The Kier molecular flexibility index (Phi) is 4.78. The molecule has 174 valence electrons. The van der Waals surface area contributed by atoms with Crippen LogP contribution in [0.1, 0.15) is 11.1 Å². The van der Waals surface area contributed by atoms with Gasteiger partial charge in [0.05, 0.1) is 11.8 Å². The molecule has 0 N–H and O–H groups in total. The van der Waals surface area contributed by atoms with Crippen LogP contribution in [0, 0.1) is 46.9 Å². The van der Waals surface area contributed by atoms with Gasteiger partial charge in [-0.05, 0) is 58.7 Å². The molecule has 1 saturated carbocycles. The van der Waals surface area contributed by atoms with Crippen molar-refractivity contribution in [3.05, 3.63) is 119 Å². The number of carbonyl (C=O) groups excluding carboxylic acids is 2. The monoisotopic (exact) mass is 475 g/mol. The van der Waals surface area contributed by atoms with Gasteiger partial charge < -0.3 is 0 Å². The highest BCUT2D eigenvalue weighted by Gasteiger charge is 2.63. The summed E-state index contributed by atoms with van der Waals surface area (Å²) in [4.78, 5) is 27.5. The van der Waals surface area contributed by atoms with Crippen molar-refractivity contribution in [3.8, 4) is 0 Å². The van der Waals surface area contributed by atoms with E-state index >= 15 is 0 Å². The van der Waals surface area contributed by atoms with Crippen LogP contribution in [0.15, 0.2) is 84.5 Å². The second-order valence-corrected chi connectivity index (χ2v) is 8.91. The van der Waals surface area contributed by atoms with Gasteiger partial charge >= 0.3 is 0 Å². The summed E-state index contributed by atoms with van der Waals surface area (Å²) in [5.41, 5.74) is 2.13. The molecule has 0 aromatic heterocycles. The van der Waals surface area contributed by atoms with Crippen molar-refractivity contribution in [1.29, 1.82) is 0 Å². The minimum Gasteiger partial charge on any atom is -0.274 e. The number of amides is 2. The zero-order chi connectivity index (χ0) is 24.4. The van der Waals surface area contributed by atoms with Crippen molar-refractivity contribution in [1.82, 2.24) is 0 Å². The van der Waals surface area contributed by atoms with Crippen molar-refractivity contribution in [2.45, 2.75) is 0 Å². The molecule has 1 saturated heterocycles. The second kappa shape index (κ2) is 7.77. The van der Waals surface area contributed by atoms with Crippen LogP contribution in [0.25, 0.3) is 5.57 Å². The molecule has 7 heteroatoms. The normalized spacial score (nSPS) is 24.5. The summed E-state index contributed by atoms with van der Waals surface area (Å²) in [5, 5.41) is 0. The number of hydrogen-bond acceptors (Lipinski definition) is 2. The SMILES string of the molecule is O=C1[C@@H]2[C@@H](C(=O)N1c1c(F)cccc1F)[C@@H]1C=C[C@@H]2C1=C(c1ccc(F)cc1)c1ccc(F)cc1. The molecule has 0 spiro atoms. The molecule has 2 bridgehead atoms. The summed E-state index contributed by atoms with van der Waals surface area (Å²) >= 11 is 0. The summed E-state index contributed by atoms with van der Waals surface area (Å²) in [7, 11) is 0. The zero-order valence-corrected chi connectivity index (χ0v) is 18.1. The maximum absolute atomic E-state index is 14.5. The predicted octanol–water partition coefficient (Wildman–Crippen LogP) is 5.67. The Morgan fingerprint density at radius 3 is 1.49 bits per heavy atom. The van der Waals surface area contributed by atoms with Crippen molar-refractivity contribution in [2.24, 2.45) is 23.7 Å². The standard InChI is InChI=1S/C28H17F4NO2/c29-16-8-4-14(5-9-16)22(15-6-10-17(30)11-7-15)23-18-12-13-19(23)25-24(18)27(34)33(28(25)35)26-20(31)2-1-3-21(26)32/h1-13,18-19,24-25H/t18-,19-,24+,25+/m1/s1. The van der Waals surface area contributed by atoms with E-state index in [2.05, 4.69) is 0 Å². The highest BCUT2D eigenvalue weighted by atomic mass is 19.1. The van der Waals surface area contributed by atoms with Crippen molar-refractivity contribution in [2.75, 3.05) is 4.90 Å². The molecule has 3 aromatic rings. The largest absolute Gasteiger partial charge is 0.274 e. The first-order valence-corrected chi connectivity index (χ1v) is 11.1. The lowest BCUT2D eigenvalue weighted by atomic mass is 9.85. The molecular weight excluding hydrogens is 458 g/mol. The van der Waals surface area contributed by atoms with E-state index in [4.69, 9.17) is 0 Å². The van der Waals surface area contributed by atoms with E-state index in [9.17, 15) is 27.2 Å². The number of hydrogen-bond donors (Lipinski definition) is 0. The lowest BCUT2D eigenvalue weighted by Gasteiger charge is -2.22. The van der Waals surface area contributed by atoms with Crippen molar-refractivity contribution >= 4 is 23.1 Å². The van der Waals surface area contributed by atoms with Crippen LogP contribution in [0.4, 0.5) is 23.2 Å². The maximum Gasteiger partial charge on any atom is 0.238 e. The lowest BCUT2D eigenvalue weighted by molar-refractivity contribution is -0.123. The van der Waals surface area contributed by atoms with Crippen molar-refractivity contribution < 1.29 is 27.2 Å². The quantitative estimate of drug-likeness (QED) is 0.278. The molecule has 3 nitrogen and oxygen atoms in total. The first-order chi connectivity index (χ1) is 16.9. The van der Waals surface area contributed by atoms with Gasteiger partial charge in [0.1, 0.15) is 29.0 Å². The van der Waals surface area contributed by atoms with E-state index in [1.807, 2.05) is 12.2 Å². The summed E-state index contributed by atoms with van der Waals surface area (Å²) in [6, 6.07) is 14.8. The Hall–Kier alpha value is -4.00. The Balaban J connectivity index is 1.50. The maximum atomic E-state index is 14.5. The van der Waals surface area contributed by atoms with Gasteiger partial charge in [-0.1, -0.05) is 42.5 Å². The highest BCUT2D eigenvalue weighted by Crippen LogP contribution is 2.59. The van der Waals surface area contributed by atoms with Crippen LogP contribution in [-0.2, 0) is 9.59 Å². The van der Waals surface area contributed by atoms with Gasteiger partial charge in [-0.2, -0.15) is 0 Å². The molecule has 3 aromatic carbocycles. The van der Waals surface area contributed by atoms with E-state index in [1.54, 1.807) is 24.3 Å². The average molecular weight is 475 g/mol. The third-order valence-corrected chi connectivity index (χ3v) is 7.13. The molecule has 1 aliphatic heterocycles. The van der Waals surface area contributed by atoms with Crippen molar-refractivity contribution in [3.63, 3.8) is 0 Å². The minimum absolute atomic E-state index is 0.422. The number of halogens is 4. The van der Waals surface area contributed by atoms with Gasteiger partial charge in [-0.15, -0.1) is 0 Å². The van der Waals surface area contributed by atoms with Crippen LogP contribution >= 0.6 is 0 Å². The summed E-state index contributed by atoms with van der Waals surface area (Å²) in [6.07, 6.45) is 3.67. The Morgan fingerprint density at radius 1 is 0.629 bits per heavy atom. The molecule has 2 fully saturated rings. The Labute approximate surface area is 198 Å². The Morgan fingerprint density at radius 2 is 1.06 bits per heavy atom. The van der Waals surface area contributed by atoms with E-state index in [0.29, 0.717) is 21.6 Å². The fraction of sp³-hybridized carbons (Fsp3) is 0.143. The van der Waals surface area contributed by atoms with Gasteiger partial charge in [0, 0.05) is 11.8 Å². The van der Waals surface area contributed by atoms with Crippen LogP contribution in [0.3, 0.4) is 0 Å². The fourth-order valence-corrected chi connectivity index (χ4v) is 5.75. The number of allylic oxidation sites excluding steroid dienone is 3. The van der Waals surface area contributed by atoms with Crippen LogP contribution in [0.2, 0.25) is 0 Å². The molecule has 2 aliphatic carbocycles.